The predicted octanol–water partition coefficient (Wildman–Crippen LogP) is 2.31. The highest BCUT2D eigenvalue weighted by Gasteiger charge is 2.36. The Kier molecular flexibility index (Phi) is 3.30. The topological polar surface area (TPSA) is 30.5 Å². The van der Waals surface area contributed by atoms with E-state index in [9.17, 15) is 0 Å². The third-order valence-corrected chi connectivity index (χ3v) is 3.92. The summed E-state index contributed by atoms with van der Waals surface area (Å²) in [5.74, 6) is -0.391. The van der Waals surface area contributed by atoms with E-state index in [0.717, 1.165) is 6.54 Å². The van der Waals surface area contributed by atoms with E-state index in [2.05, 4.69) is 19.2 Å². The molecular formula is C13H25NO2. The first-order chi connectivity index (χ1) is 7.39. The highest BCUT2D eigenvalue weighted by molar-refractivity contribution is 4.91. The maximum Gasteiger partial charge on any atom is 0.163 e. The molecule has 0 bridgehead atoms. The van der Waals surface area contributed by atoms with Crippen molar-refractivity contribution >= 4 is 0 Å². The first-order valence-electron chi connectivity index (χ1n) is 6.44. The average Bonchev–Trinajstić information content (AvgIpc) is 2.66. The Hall–Kier alpha value is -0.120. The van der Waals surface area contributed by atoms with Gasteiger partial charge in [0.25, 0.3) is 0 Å². The molecule has 1 N–H and O–H groups in total. The Labute approximate surface area is 98.9 Å². The first kappa shape index (κ1) is 12.3. The van der Waals surface area contributed by atoms with Crippen LogP contribution in [0.25, 0.3) is 0 Å². The molecule has 1 aliphatic carbocycles. The summed E-state index contributed by atoms with van der Waals surface area (Å²) in [5, 5.41) is 3.65. The minimum atomic E-state index is -0.391. The van der Waals surface area contributed by atoms with Crippen LogP contribution in [0.4, 0.5) is 0 Å². The second kappa shape index (κ2) is 4.28. The van der Waals surface area contributed by atoms with Gasteiger partial charge in [0.1, 0.15) is 0 Å². The quantitative estimate of drug-likeness (QED) is 0.802. The lowest BCUT2D eigenvalue weighted by Gasteiger charge is -2.29. The van der Waals surface area contributed by atoms with Crippen LogP contribution in [0.1, 0.15) is 47.0 Å². The summed E-state index contributed by atoms with van der Waals surface area (Å²) in [6.45, 7) is 10.3. The van der Waals surface area contributed by atoms with Crippen molar-refractivity contribution in [1.29, 1.82) is 0 Å². The standard InChI is InChI=1S/C13H25NO2/c1-12(2)7-5-6-11(12)14-8-10-9-15-13(3,4)16-10/h10-11,14H,5-9H2,1-4H3. The predicted molar refractivity (Wildman–Crippen MR) is 64.3 cm³/mol. The molecule has 2 fully saturated rings. The van der Waals surface area contributed by atoms with E-state index in [1.54, 1.807) is 0 Å². The van der Waals surface area contributed by atoms with E-state index in [1.807, 2.05) is 13.8 Å². The van der Waals surface area contributed by atoms with Gasteiger partial charge in [0.2, 0.25) is 0 Å². The highest BCUT2D eigenvalue weighted by Crippen LogP contribution is 2.37. The third kappa shape index (κ3) is 2.76. The molecule has 94 valence electrons. The molecular weight excluding hydrogens is 202 g/mol. The number of nitrogens with one attached hydrogen (secondary N) is 1. The van der Waals surface area contributed by atoms with Gasteiger partial charge in [0.15, 0.2) is 5.79 Å². The minimum absolute atomic E-state index is 0.214. The lowest BCUT2D eigenvalue weighted by Crippen LogP contribution is -2.42. The van der Waals surface area contributed by atoms with Gasteiger partial charge in [-0.1, -0.05) is 20.3 Å². The summed E-state index contributed by atoms with van der Waals surface area (Å²) in [5.41, 5.74) is 0.439. The van der Waals surface area contributed by atoms with Gasteiger partial charge < -0.3 is 14.8 Å². The molecule has 0 aromatic rings. The third-order valence-electron chi connectivity index (χ3n) is 3.92. The summed E-state index contributed by atoms with van der Waals surface area (Å²) < 4.78 is 11.3. The molecule has 3 heteroatoms. The average molecular weight is 227 g/mol. The second-order valence-electron chi connectivity index (χ2n) is 6.29. The van der Waals surface area contributed by atoms with Gasteiger partial charge in [-0.3, -0.25) is 0 Å². The minimum Gasteiger partial charge on any atom is -0.348 e. The summed E-state index contributed by atoms with van der Waals surface area (Å²) in [4.78, 5) is 0. The lowest BCUT2D eigenvalue weighted by molar-refractivity contribution is -0.138. The van der Waals surface area contributed by atoms with Crippen molar-refractivity contribution in [3.8, 4) is 0 Å². The highest BCUT2D eigenvalue weighted by atomic mass is 16.7. The Balaban J connectivity index is 1.76. The van der Waals surface area contributed by atoms with Crippen molar-refractivity contribution in [3.63, 3.8) is 0 Å². The number of ether oxygens (including phenoxy) is 2. The Morgan fingerprint density at radius 1 is 1.25 bits per heavy atom. The second-order valence-corrected chi connectivity index (χ2v) is 6.29. The van der Waals surface area contributed by atoms with Crippen LogP contribution in [0.3, 0.4) is 0 Å². The number of rotatable bonds is 3. The normalized spacial score (nSPS) is 36.8. The molecule has 1 heterocycles. The van der Waals surface area contributed by atoms with Crippen molar-refractivity contribution < 1.29 is 9.47 Å². The fraction of sp³-hybridized carbons (Fsp3) is 1.00. The summed E-state index contributed by atoms with van der Waals surface area (Å²) in [6.07, 6.45) is 4.19. The van der Waals surface area contributed by atoms with Crippen molar-refractivity contribution in [3.05, 3.63) is 0 Å². The van der Waals surface area contributed by atoms with E-state index in [-0.39, 0.29) is 6.10 Å². The SMILES string of the molecule is CC1(C)OCC(CNC2CCCC2(C)C)O1. The van der Waals surface area contributed by atoms with Crippen LogP contribution in [0.5, 0.6) is 0 Å². The zero-order valence-electron chi connectivity index (χ0n) is 11.0. The van der Waals surface area contributed by atoms with Crippen molar-refractivity contribution in [1.82, 2.24) is 5.32 Å². The maximum absolute atomic E-state index is 5.79. The molecule has 0 spiro atoms. The fourth-order valence-electron chi connectivity index (χ4n) is 2.84. The van der Waals surface area contributed by atoms with E-state index < -0.39 is 5.79 Å². The van der Waals surface area contributed by atoms with Crippen LogP contribution in [0.2, 0.25) is 0 Å². The van der Waals surface area contributed by atoms with Crippen molar-refractivity contribution in [2.75, 3.05) is 13.2 Å². The molecule has 1 saturated heterocycles. The smallest absolute Gasteiger partial charge is 0.163 e. The van der Waals surface area contributed by atoms with Crippen molar-refractivity contribution in [2.45, 2.75) is 64.9 Å². The molecule has 2 rings (SSSR count). The van der Waals surface area contributed by atoms with Crippen LogP contribution >= 0.6 is 0 Å². The Bertz CT molecular complexity index is 250. The summed E-state index contributed by atoms with van der Waals surface area (Å²) in [6, 6.07) is 0.639. The first-order valence-corrected chi connectivity index (χ1v) is 6.44. The van der Waals surface area contributed by atoms with E-state index in [1.165, 1.54) is 19.3 Å². The van der Waals surface area contributed by atoms with E-state index >= 15 is 0 Å². The monoisotopic (exact) mass is 227 g/mol. The van der Waals surface area contributed by atoms with Crippen LogP contribution in [0, 0.1) is 5.41 Å². The van der Waals surface area contributed by atoms with Gasteiger partial charge >= 0.3 is 0 Å². The van der Waals surface area contributed by atoms with Crippen molar-refractivity contribution in [2.24, 2.45) is 5.41 Å². The van der Waals surface area contributed by atoms with Crippen LogP contribution in [-0.4, -0.2) is 31.1 Å². The molecule has 1 saturated carbocycles. The lowest BCUT2D eigenvalue weighted by atomic mass is 9.87. The summed E-state index contributed by atoms with van der Waals surface area (Å²) in [7, 11) is 0. The van der Waals surface area contributed by atoms with Gasteiger partial charge in [-0.25, -0.2) is 0 Å². The van der Waals surface area contributed by atoms with Crippen LogP contribution in [0.15, 0.2) is 0 Å². The molecule has 0 amide bonds. The molecule has 2 unspecified atom stereocenters. The zero-order valence-corrected chi connectivity index (χ0v) is 11.0. The zero-order chi connectivity index (χ0) is 11.8. The van der Waals surface area contributed by atoms with Gasteiger partial charge in [0, 0.05) is 12.6 Å². The number of hydrogen-bond donors (Lipinski definition) is 1. The van der Waals surface area contributed by atoms with Gasteiger partial charge in [0.05, 0.1) is 12.7 Å². The molecule has 0 aromatic heterocycles. The fourth-order valence-corrected chi connectivity index (χ4v) is 2.84. The van der Waals surface area contributed by atoms with Crippen LogP contribution in [-0.2, 0) is 9.47 Å². The largest absolute Gasteiger partial charge is 0.348 e. The molecule has 0 aromatic carbocycles. The molecule has 16 heavy (non-hydrogen) atoms. The molecule has 0 radical (unpaired) electrons. The number of hydrogen-bond acceptors (Lipinski definition) is 3. The van der Waals surface area contributed by atoms with Gasteiger partial charge in [-0.2, -0.15) is 0 Å². The van der Waals surface area contributed by atoms with Crippen LogP contribution < -0.4 is 5.32 Å². The molecule has 1 aliphatic heterocycles. The van der Waals surface area contributed by atoms with E-state index in [0.29, 0.717) is 18.1 Å². The molecule has 2 atom stereocenters. The van der Waals surface area contributed by atoms with Gasteiger partial charge in [-0.15, -0.1) is 0 Å². The Morgan fingerprint density at radius 3 is 2.50 bits per heavy atom. The Morgan fingerprint density at radius 2 is 2.00 bits per heavy atom. The molecule has 2 aliphatic rings. The summed E-state index contributed by atoms with van der Waals surface area (Å²) >= 11 is 0. The van der Waals surface area contributed by atoms with E-state index in [4.69, 9.17) is 9.47 Å². The molecule has 3 nitrogen and oxygen atoms in total. The maximum atomic E-state index is 5.79. The van der Waals surface area contributed by atoms with Gasteiger partial charge in [-0.05, 0) is 32.1 Å².